The van der Waals surface area contributed by atoms with Crippen LogP contribution in [0.4, 0.5) is 0 Å². The minimum Gasteiger partial charge on any atom is -0.451 e. The Morgan fingerprint density at radius 1 is 1.22 bits per heavy atom. The Morgan fingerprint density at radius 2 is 2.00 bits per heavy atom. The molecule has 0 spiro atoms. The second-order valence-corrected chi connectivity index (χ2v) is 8.43. The number of amides is 1. The molecule has 32 heavy (non-hydrogen) atoms. The van der Waals surface area contributed by atoms with E-state index in [2.05, 4.69) is 22.2 Å². The van der Waals surface area contributed by atoms with Crippen LogP contribution in [0.3, 0.4) is 0 Å². The maximum absolute atomic E-state index is 12.8. The molecule has 0 aliphatic heterocycles. The van der Waals surface area contributed by atoms with Gasteiger partial charge in [-0.05, 0) is 62.4 Å². The van der Waals surface area contributed by atoms with E-state index in [-0.39, 0.29) is 29.3 Å². The van der Waals surface area contributed by atoms with E-state index in [1.165, 1.54) is 5.56 Å². The molecule has 2 aromatic heterocycles. The van der Waals surface area contributed by atoms with Gasteiger partial charge in [-0.15, -0.1) is 0 Å². The van der Waals surface area contributed by atoms with E-state index in [1.54, 1.807) is 28.8 Å². The Bertz CT molecular complexity index is 1170. The maximum Gasteiger partial charge on any atom is 0.359 e. The van der Waals surface area contributed by atoms with Gasteiger partial charge in [-0.1, -0.05) is 35.9 Å². The first-order chi connectivity index (χ1) is 15.3. The van der Waals surface area contributed by atoms with E-state index in [0.29, 0.717) is 5.82 Å². The number of carbonyl (C=O) groups excluding carboxylic acids is 2. The van der Waals surface area contributed by atoms with Crippen LogP contribution in [0, 0.1) is 13.8 Å². The number of halogens is 1. The summed E-state index contributed by atoms with van der Waals surface area (Å²) in [5.41, 5.74) is 4.08. The Balaban J connectivity index is 1.45. The van der Waals surface area contributed by atoms with Crippen molar-refractivity contribution in [3.8, 4) is 5.82 Å². The number of hydrogen-bond donors (Lipinski definition) is 0. The number of rotatable bonds is 5. The highest BCUT2D eigenvalue weighted by Crippen LogP contribution is 2.33. The van der Waals surface area contributed by atoms with Gasteiger partial charge in [0, 0.05) is 12.7 Å². The molecule has 0 radical (unpaired) electrons. The van der Waals surface area contributed by atoms with Crippen LogP contribution in [0.25, 0.3) is 5.82 Å². The zero-order chi connectivity index (χ0) is 22.8. The molecule has 0 fully saturated rings. The molecular formula is C24H25ClN4O3. The number of esters is 1. The van der Waals surface area contributed by atoms with Crippen LogP contribution in [0.2, 0.25) is 5.02 Å². The predicted molar refractivity (Wildman–Crippen MR) is 121 cm³/mol. The van der Waals surface area contributed by atoms with Crippen molar-refractivity contribution in [2.75, 3.05) is 13.7 Å². The summed E-state index contributed by atoms with van der Waals surface area (Å²) < 4.78 is 6.92. The van der Waals surface area contributed by atoms with E-state index in [0.717, 1.165) is 36.2 Å². The summed E-state index contributed by atoms with van der Waals surface area (Å²) in [6.07, 6.45) is 2.91. The van der Waals surface area contributed by atoms with Gasteiger partial charge in [0.15, 0.2) is 18.1 Å². The van der Waals surface area contributed by atoms with Gasteiger partial charge in [-0.2, -0.15) is 5.10 Å². The van der Waals surface area contributed by atoms with Gasteiger partial charge in [-0.25, -0.2) is 14.5 Å². The van der Waals surface area contributed by atoms with Crippen molar-refractivity contribution >= 4 is 23.5 Å². The Morgan fingerprint density at radius 3 is 2.75 bits per heavy atom. The molecule has 1 atom stereocenters. The van der Waals surface area contributed by atoms with Crippen LogP contribution in [0.1, 0.15) is 51.9 Å². The van der Waals surface area contributed by atoms with Crippen molar-refractivity contribution < 1.29 is 14.3 Å². The third-order valence-corrected chi connectivity index (χ3v) is 6.08. The fraction of sp³-hybridized carbons (Fsp3) is 0.333. The van der Waals surface area contributed by atoms with Crippen molar-refractivity contribution in [1.29, 1.82) is 0 Å². The zero-order valence-electron chi connectivity index (χ0n) is 18.3. The Labute approximate surface area is 192 Å². The molecule has 4 rings (SSSR count). The topological polar surface area (TPSA) is 77.3 Å². The normalized spacial score (nSPS) is 15.2. The number of aryl methyl sites for hydroxylation is 3. The highest BCUT2D eigenvalue weighted by atomic mass is 35.5. The number of aromatic nitrogens is 3. The minimum absolute atomic E-state index is 0.0257. The number of pyridine rings is 1. The molecule has 166 valence electrons. The molecular weight excluding hydrogens is 428 g/mol. The lowest BCUT2D eigenvalue weighted by Crippen LogP contribution is -2.36. The fourth-order valence-electron chi connectivity index (χ4n) is 4.16. The highest BCUT2D eigenvalue weighted by Gasteiger charge is 2.27. The Hall–Kier alpha value is -3.19. The summed E-state index contributed by atoms with van der Waals surface area (Å²) in [6, 6.07) is 13.3. The highest BCUT2D eigenvalue weighted by molar-refractivity contribution is 6.33. The largest absolute Gasteiger partial charge is 0.451 e. The molecule has 0 N–H and O–H groups in total. The van der Waals surface area contributed by atoms with Gasteiger partial charge in [0.1, 0.15) is 0 Å². The average Bonchev–Trinajstić information content (AvgIpc) is 3.14. The van der Waals surface area contributed by atoms with E-state index >= 15 is 0 Å². The number of nitrogens with zero attached hydrogens (tertiary/aromatic N) is 4. The molecule has 2 heterocycles. The first-order valence-corrected chi connectivity index (χ1v) is 10.9. The lowest BCUT2D eigenvalue weighted by molar-refractivity contribution is -0.135. The first kappa shape index (κ1) is 22.0. The molecule has 0 saturated heterocycles. The molecule has 8 heteroatoms. The summed E-state index contributed by atoms with van der Waals surface area (Å²) in [7, 11) is 1.75. The molecule has 3 aromatic rings. The van der Waals surface area contributed by atoms with Gasteiger partial charge >= 0.3 is 5.97 Å². The van der Waals surface area contributed by atoms with Crippen molar-refractivity contribution in [1.82, 2.24) is 19.7 Å². The molecule has 1 unspecified atom stereocenters. The summed E-state index contributed by atoms with van der Waals surface area (Å²) in [4.78, 5) is 31.4. The molecule has 1 aromatic carbocycles. The molecule has 0 saturated carbocycles. The van der Waals surface area contributed by atoms with Gasteiger partial charge in [0.2, 0.25) is 0 Å². The van der Waals surface area contributed by atoms with E-state index in [1.807, 2.05) is 32.0 Å². The van der Waals surface area contributed by atoms with Gasteiger partial charge in [-0.3, -0.25) is 4.79 Å². The van der Waals surface area contributed by atoms with Crippen LogP contribution in [-0.4, -0.2) is 45.2 Å². The molecule has 0 bridgehead atoms. The number of benzene rings is 1. The number of hydrogen-bond acceptors (Lipinski definition) is 5. The van der Waals surface area contributed by atoms with Crippen LogP contribution in [0.5, 0.6) is 0 Å². The second-order valence-electron chi connectivity index (χ2n) is 8.03. The Kier molecular flexibility index (Phi) is 6.28. The van der Waals surface area contributed by atoms with Crippen LogP contribution in [-0.2, 0) is 16.0 Å². The van der Waals surface area contributed by atoms with E-state index in [9.17, 15) is 9.59 Å². The standard InChI is InChI=1S/C24H25ClN4O3/c1-15-13-16(2)29(27-15)21-12-11-19(25)23(26-21)24(31)32-14-22(30)28(3)20-10-6-8-17-7-4-5-9-18(17)20/h4-5,7,9,11-13,20H,6,8,10,14H2,1-3H3. The number of fused-ring (bicyclic) bond motifs is 1. The third-order valence-electron chi connectivity index (χ3n) is 5.78. The third kappa shape index (κ3) is 4.39. The molecule has 1 amide bonds. The number of likely N-dealkylation sites (N-methyl/N-ethyl adjacent to an activating group) is 1. The van der Waals surface area contributed by atoms with Crippen molar-refractivity contribution in [2.24, 2.45) is 0 Å². The maximum atomic E-state index is 12.8. The summed E-state index contributed by atoms with van der Waals surface area (Å²) in [5.74, 6) is -0.566. The van der Waals surface area contributed by atoms with Crippen molar-refractivity contribution in [3.63, 3.8) is 0 Å². The minimum atomic E-state index is -0.746. The fourth-order valence-corrected chi connectivity index (χ4v) is 4.34. The van der Waals surface area contributed by atoms with Crippen LogP contribution < -0.4 is 0 Å². The summed E-state index contributed by atoms with van der Waals surface area (Å²) in [5, 5.41) is 4.53. The summed E-state index contributed by atoms with van der Waals surface area (Å²) in [6.45, 7) is 3.39. The monoisotopic (exact) mass is 452 g/mol. The number of ether oxygens (including phenoxy) is 1. The number of carbonyl (C=O) groups is 2. The van der Waals surface area contributed by atoms with E-state index < -0.39 is 5.97 Å². The lowest BCUT2D eigenvalue weighted by atomic mass is 9.87. The van der Waals surface area contributed by atoms with Crippen molar-refractivity contribution in [3.05, 3.63) is 75.7 Å². The summed E-state index contributed by atoms with van der Waals surface area (Å²) >= 11 is 6.19. The van der Waals surface area contributed by atoms with Gasteiger partial charge in [0.25, 0.3) is 5.91 Å². The molecule has 1 aliphatic carbocycles. The van der Waals surface area contributed by atoms with Crippen LogP contribution >= 0.6 is 11.6 Å². The predicted octanol–water partition coefficient (Wildman–Crippen LogP) is 4.23. The smallest absolute Gasteiger partial charge is 0.359 e. The second kappa shape index (κ2) is 9.12. The SMILES string of the molecule is Cc1cc(C)n(-c2ccc(Cl)c(C(=O)OCC(=O)N(C)C3CCCc4ccccc43)n2)n1. The quantitative estimate of drug-likeness (QED) is 0.541. The molecule has 1 aliphatic rings. The lowest BCUT2D eigenvalue weighted by Gasteiger charge is -2.33. The average molecular weight is 453 g/mol. The van der Waals surface area contributed by atoms with E-state index in [4.69, 9.17) is 16.3 Å². The van der Waals surface area contributed by atoms with Gasteiger partial charge in [0.05, 0.1) is 16.8 Å². The molecule has 7 nitrogen and oxygen atoms in total. The van der Waals surface area contributed by atoms with Gasteiger partial charge < -0.3 is 9.64 Å². The van der Waals surface area contributed by atoms with Crippen LogP contribution in [0.15, 0.2) is 42.5 Å². The van der Waals surface area contributed by atoms with Crippen molar-refractivity contribution in [2.45, 2.75) is 39.2 Å². The zero-order valence-corrected chi connectivity index (χ0v) is 19.1. The first-order valence-electron chi connectivity index (χ1n) is 10.6.